The molecule has 3 heteroatoms. The van der Waals surface area contributed by atoms with Crippen LogP contribution in [0.4, 0.5) is 0 Å². The fourth-order valence-electron chi connectivity index (χ4n) is 3.07. The van der Waals surface area contributed by atoms with Gasteiger partial charge in [-0.15, -0.1) is 0 Å². The van der Waals surface area contributed by atoms with E-state index in [0.29, 0.717) is 24.4 Å². The zero-order valence-corrected chi connectivity index (χ0v) is 12.4. The van der Waals surface area contributed by atoms with Crippen molar-refractivity contribution in [2.45, 2.75) is 59.4 Å². The van der Waals surface area contributed by atoms with Gasteiger partial charge in [-0.2, -0.15) is 0 Å². The SMILES string of the molecule is CC1CCC(C(C)C)C(NC(=O)C(C)CCN)C1. The molecule has 0 aromatic rings. The molecule has 1 saturated carbocycles. The van der Waals surface area contributed by atoms with Crippen molar-refractivity contribution >= 4 is 5.91 Å². The molecule has 0 aliphatic heterocycles. The molecule has 3 nitrogen and oxygen atoms in total. The number of carbonyl (C=O) groups excluding carboxylic acids is 1. The van der Waals surface area contributed by atoms with Gasteiger partial charge in [-0.25, -0.2) is 0 Å². The van der Waals surface area contributed by atoms with Crippen molar-refractivity contribution in [1.29, 1.82) is 0 Å². The van der Waals surface area contributed by atoms with E-state index in [1.54, 1.807) is 0 Å². The summed E-state index contributed by atoms with van der Waals surface area (Å²) in [5.41, 5.74) is 5.52. The second-order valence-corrected chi connectivity index (χ2v) is 6.42. The molecule has 1 amide bonds. The van der Waals surface area contributed by atoms with Crippen molar-refractivity contribution in [3.63, 3.8) is 0 Å². The Morgan fingerprint density at radius 1 is 1.33 bits per heavy atom. The first kappa shape index (κ1) is 15.5. The molecule has 1 fully saturated rings. The Morgan fingerprint density at radius 3 is 2.56 bits per heavy atom. The van der Waals surface area contributed by atoms with E-state index in [9.17, 15) is 4.79 Å². The van der Waals surface area contributed by atoms with E-state index in [4.69, 9.17) is 5.73 Å². The highest BCUT2D eigenvalue weighted by molar-refractivity contribution is 5.78. The van der Waals surface area contributed by atoms with Gasteiger partial charge >= 0.3 is 0 Å². The second kappa shape index (κ2) is 7.13. The van der Waals surface area contributed by atoms with Crippen LogP contribution in [0, 0.1) is 23.7 Å². The van der Waals surface area contributed by atoms with Crippen LogP contribution in [0.3, 0.4) is 0 Å². The molecule has 0 bridgehead atoms. The smallest absolute Gasteiger partial charge is 0.223 e. The quantitative estimate of drug-likeness (QED) is 0.792. The molecule has 0 heterocycles. The topological polar surface area (TPSA) is 55.1 Å². The third-order valence-electron chi connectivity index (χ3n) is 4.40. The van der Waals surface area contributed by atoms with E-state index < -0.39 is 0 Å². The first-order valence-electron chi connectivity index (χ1n) is 7.46. The van der Waals surface area contributed by atoms with Crippen molar-refractivity contribution in [2.24, 2.45) is 29.4 Å². The Bertz CT molecular complexity index is 265. The summed E-state index contributed by atoms with van der Waals surface area (Å²) in [5.74, 6) is 2.24. The number of carbonyl (C=O) groups is 1. The maximum absolute atomic E-state index is 12.1. The van der Waals surface area contributed by atoms with Crippen molar-refractivity contribution in [2.75, 3.05) is 6.54 Å². The number of hydrogen-bond acceptors (Lipinski definition) is 2. The van der Waals surface area contributed by atoms with E-state index in [2.05, 4.69) is 26.1 Å². The second-order valence-electron chi connectivity index (χ2n) is 6.42. The molecule has 0 spiro atoms. The first-order valence-corrected chi connectivity index (χ1v) is 7.46. The van der Waals surface area contributed by atoms with Crippen LogP contribution in [-0.4, -0.2) is 18.5 Å². The van der Waals surface area contributed by atoms with Crippen LogP contribution in [0.1, 0.15) is 53.4 Å². The highest BCUT2D eigenvalue weighted by Crippen LogP contribution is 2.33. The number of rotatable bonds is 5. The summed E-state index contributed by atoms with van der Waals surface area (Å²) in [4.78, 5) is 12.1. The minimum atomic E-state index is 0.0417. The molecule has 0 radical (unpaired) electrons. The van der Waals surface area contributed by atoms with Gasteiger partial charge in [-0.3, -0.25) is 4.79 Å². The van der Waals surface area contributed by atoms with Gasteiger partial charge < -0.3 is 11.1 Å². The summed E-state index contributed by atoms with van der Waals surface area (Å²) < 4.78 is 0. The molecule has 1 rings (SSSR count). The lowest BCUT2D eigenvalue weighted by Gasteiger charge is -2.38. The van der Waals surface area contributed by atoms with Crippen molar-refractivity contribution in [1.82, 2.24) is 5.32 Å². The zero-order valence-electron chi connectivity index (χ0n) is 12.4. The van der Waals surface area contributed by atoms with Crippen LogP contribution in [0.25, 0.3) is 0 Å². The highest BCUT2D eigenvalue weighted by Gasteiger charge is 2.32. The molecule has 1 aliphatic rings. The molecule has 1 aliphatic carbocycles. The standard InChI is InChI=1S/C15H30N2O/c1-10(2)13-6-5-11(3)9-14(13)17-15(18)12(4)7-8-16/h10-14H,5-9,16H2,1-4H3,(H,17,18). The normalized spacial score (nSPS) is 30.2. The van der Waals surface area contributed by atoms with E-state index in [1.165, 1.54) is 12.8 Å². The average molecular weight is 254 g/mol. The van der Waals surface area contributed by atoms with Crippen LogP contribution < -0.4 is 11.1 Å². The van der Waals surface area contributed by atoms with Crippen molar-refractivity contribution < 1.29 is 4.79 Å². The maximum atomic E-state index is 12.1. The van der Waals surface area contributed by atoms with Gasteiger partial charge in [0.2, 0.25) is 5.91 Å². The van der Waals surface area contributed by atoms with Crippen LogP contribution in [-0.2, 0) is 4.79 Å². The largest absolute Gasteiger partial charge is 0.353 e. The van der Waals surface area contributed by atoms with E-state index in [-0.39, 0.29) is 11.8 Å². The van der Waals surface area contributed by atoms with E-state index in [1.807, 2.05) is 6.92 Å². The van der Waals surface area contributed by atoms with Gasteiger partial charge in [0, 0.05) is 12.0 Å². The van der Waals surface area contributed by atoms with Gasteiger partial charge in [-0.1, -0.05) is 34.1 Å². The summed E-state index contributed by atoms with van der Waals surface area (Å²) in [5, 5.41) is 3.27. The summed E-state index contributed by atoms with van der Waals surface area (Å²) >= 11 is 0. The first-order chi connectivity index (χ1) is 8.45. The summed E-state index contributed by atoms with van der Waals surface area (Å²) in [6.07, 6.45) is 4.45. The molecule has 0 aromatic heterocycles. The molecular formula is C15H30N2O. The summed E-state index contributed by atoms with van der Waals surface area (Å²) in [6.45, 7) is 9.38. The minimum Gasteiger partial charge on any atom is -0.353 e. The van der Waals surface area contributed by atoms with Crippen LogP contribution in [0.5, 0.6) is 0 Å². The number of nitrogens with one attached hydrogen (secondary N) is 1. The predicted octanol–water partition coefficient (Wildman–Crippen LogP) is 2.55. The Balaban J connectivity index is 2.57. The highest BCUT2D eigenvalue weighted by atomic mass is 16.1. The molecular weight excluding hydrogens is 224 g/mol. The van der Waals surface area contributed by atoms with Crippen LogP contribution in [0.2, 0.25) is 0 Å². The lowest BCUT2D eigenvalue weighted by molar-refractivity contribution is -0.126. The van der Waals surface area contributed by atoms with Gasteiger partial charge in [0.15, 0.2) is 0 Å². The molecule has 0 aromatic carbocycles. The molecule has 3 N–H and O–H groups in total. The van der Waals surface area contributed by atoms with Crippen molar-refractivity contribution in [3.05, 3.63) is 0 Å². The third-order valence-corrected chi connectivity index (χ3v) is 4.40. The Kier molecular flexibility index (Phi) is 6.13. The monoisotopic (exact) mass is 254 g/mol. The fourth-order valence-corrected chi connectivity index (χ4v) is 3.07. The lowest BCUT2D eigenvalue weighted by atomic mass is 9.74. The minimum absolute atomic E-state index is 0.0417. The number of hydrogen-bond donors (Lipinski definition) is 2. The zero-order chi connectivity index (χ0) is 13.7. The summed E-state index contributed by atoms with van der Waals surface area (Å²) in [7, 11) is 0. The Morgan fingerprint density at radius 2 is 2.00 bits per heavy atom. The fraction of sp³-hybridized carbons (Fsp3) is 0.933. The van der Waals surface area contributed by atoms with E-state index in [0.717, 1.165) is 18.8 Å². The molecule has 4 atom stereocenters. The summed E-state index contributed by atoms with van der Waals surface area (Å²) in [6, 6.07) is 0.362. The lowest BCUT2D eigenvalue weighted by Crippen LogP contribution is -2.47. The van der Waals surface area contributed by atoms with Crippen molar-refractivity contribution in [3.8, 4) is 0 Å². The number of amides is 1. The molecule has 106 valence electrons. The Labute approximate surface area is 112 Å². The molecule has 4 unspecified atom stereocenters. The van der Waals surface area contributed by atoms with Crippen LogP contribution in [0.15, 0.2) is 0 Å². The molecule has 18 heavy (non-hydrogen) atoms. The predicted molar refractivity (Wildman–Crippen MR) is 76.1 cm³/mol. The van der Waals surface area contributed by atoms with Crippen LogP contribution >= 0.6 is 0 Å². The van der Waals surface area contributed by atoms with Gasteiger partial charge in [0.05, 0.1) is 0 Å². The average Bonchev–Trinajstić information content (AvgIpc) is 2.28. The third kappa shape index (κ3) is 4.27. The Hall–Kier alpha value is -0.570. The maximum Gasteiger partial charge on any atom is 0.223 e. The van der Waals surface area contributed by atoms with E-state index >= 15 is 0 Å². The molecule has 0 saturated heterocycles. The van der Waals surface area contributed by atoms with Gasteiger partial charge in [0.1, 0.15) is 0 Å². The number of nitrogens with two attached hydrogens (primary N) is 1. The van der Waals surface area contributed by atoms with Gasteiger partial charge in [0.25, 0.3) is 0 Å². The van der Waals surface area contributed by atoms with Gasteiger partial charge in [-0.05, 0) is 43.6 Å².